The number of rotatable bonds is 6. The van der Waals surface area contributed by atoms with Crippen LogP contribution in [-0.2, 0) is 9.59 Å². The molecule has 150 valence electrons. The predicted octanol–water partition coefficient (Wildman–Crippen LogP) is 3.69. The van der Waals surface area contributed by atoms with E-state index in [1.807, 2.05) is 19.1 Å². The summed E-state index contributed by atoms with van der Waals surface area (Å²) in [6.07, 6.45) is 1.59. The molecule has 1 fully saturated rings. The van der Waals surface area contributed by atoms with E-state index in [9.17, 15) is 14.4 Å². The number of imide groups is 1. The number of aryl methyl sites for hydroxylation is 1. The fraction of sp³-hybridized carbons (Fsp3) is 0.190. The van der Waals surface area contributed by atoms with Gasteiger partial charge in [-0.05, 0) is 54.6 Å². The molecule has 2 aromatic carbocycles. The second-order valence-electron chi connectivity index (χ2n) is 6.30. The molecule has 8 heteroatoms. The van der Waals surface area contributed by atoms with Crippen molar-refractivity contribution < 1.29 is 23.9 Å². The molecule has 1 heterocycles. The van der Waals surface area contributed by atoms with Gasteiger partial charge >= 0.3 is 0 Å². The second-order valence-corrected chi connectivity index (χ2v) is 7.29. The largest absolute Gasteiger partial charge is 0.493 e. The number of carbonyl (C=O) groups is 3. The zero-order valence-electron chi connectivity index (χ0n) is 16.2. The minimum atomic E-state index is -0.506. The van der Waals surface area contributed by atoms with Crippen LogP contribution in [0.4, 0.5) is 10.5 Å². The molecule has 0 atom stereocenters. The van der Waals surface area contributed by atoms with E-state index in [0.717, 1.165) is 22.2 Å². The third-order valence-electron chi connectivity index (χ3n) is 4.22. The molecular formula is C21H20N2O5S. The first kappa shape index (κ1) is 20.5. The molecule has 2 aromatic rings. The molecule has 0 bridgehead atoms. The van der Waals surface area contributed by atoms with Crippen LogP contribution in [0.5, 0.6) is 11.5 Å². The van der Waals surface area contributed by atoms with Crippen molar-refractivity contribution in [2.75, 3.05) is 26.1 Å². The zero-order valence-corrected chi connectivity index (χ0v) is 17.0. The van der Waals surface area contributed by atoms with Crippen LogP contribution in [0.15, 0.2) is 47.4 Å². The Labute approximate surface area is 172 Å². The molecule has 1 N–H and O–H groups in total. The van der Waals surface area contributed by atoms with Crippen LogP contribution in [0.1, 0.15) is 11.1 Å². The summed E-state index contributed by atoms with van der Waals surface area (Å²) >= 11 is 0.797. The SMILES string of the molecule is COc1ccc(C=C2SC(=O)N(CC(=O)Nc3ccc(C)cc3)C2=O)cc1OC. The summed E-state index contributed by atoms with van der Waals surface area (Å²) in [4.78, 5) is 38.3. The first-order valence-electron chi connectivity index (χ1n) is 8.75. The lowest BCUT2D eigenvalue weighted by Crippen LogP contribution is -2.36. The van der Waals surface area contributed by atoms with E-state index in [4.69, 9.17) is 9.47 Å². The molecule has 3 amide bonds. The Balaban J connectivity index is 1.71. The molecule has 1 aliphatic heterocycles. The van der Waals surface area contributed by atoms with E-state index in [1.54, 1.807) is 36.4 Å². The van der Waals surface area contributed by atoms with E-state index in [-0.39, 0.29) is 11.4 Å². The van der Waals surface area contributed by atoms with Gasteiger partial charge in [0.05, 0.1) is 19.1 Å². The molecule has 1 aliphatic rings. The van der Waals surface area contributed by atoms with Gasteiger partial charge in [0.15, 0.2) is 11.5 Å². The number of ether oxygens (including phenoxy) is 2. The standard InChI is InChI=1S/C21H20N2O5S/c1-13-4-7-15(8-5-13)22-19(24)12-23-20(25)18(29-21(23)26)11-14-6-9-16(27-2)17(10-14)28-3/h4-11H,12H2,1-3H3,(H,22,24). The summed E-state index contributed by atoms with van der Waals surface area (Å²) in [5.41, 5.74) is 2.35. The predicted molar refractivity (Wildman–Crippen MR) is 112 cm³/mol. The Morgan fingerprint density at radius 2 is 1.76 bits per heavy atom. The molecule has 7 nitrogen and oxygen atoms in total. The quantitative estimate of drug-likeness (QED) is 0.729. The number of hydrogen-bond acceptors (Lipinski definition) is 6. The van der Waals surface area contributed by atoms with Crippen LogP contribution in [0.3, 0.4) is 0 Å². The summed E-state index contributed by atoms with van der Waals surface area (Å²) in [6, 6.07) is 12.4. The fourth-order valence-corrected chi connectivity index (χ4v) is 3.55. The zero-order chi connectivity index (χ0) is 21.0. The third-order valence-corrected chi connectivity index (χ3v) is 5.12. The maximum Gasteiger partial charge on any atom is 0.294 e. The summed E-state index contributed by atoms with van der Waals surface area (Å²) in [7, 11) is 3.05. The Morgan fingerprint density at radius 3 is 2.41 bits per heavy atom. The molecule has 3 rings (SSSR count). The minimum absolute atomic E-state index is 0.241. The van der Waals surface area contributed by atoms with E-state index >= 15 is 0 Å². The van der Waals surface area contributed by atoms with Gasteiger partial charge in [0, 0.05) is 5.69 Å². The highest BCUT2D eigenvalue weighted by molar-refractivity contribution is 8.18. The van der Waals surface area contributed by atoms with E-state index in [2.05, 4.69) is 5.32 Å². The smallest absolute Gasteiger partial charge is 0.294 e. The highest BCUT2D eigenvalue weighted by Crippen LogP contribution is 2.34. The lowest BCUT2D eigenvalue weighted by atomic mass is 10.2. The maximum absolute atomic E-state index is 12.6. The highest BCUT2D eigenvalue weighted by atomic mass is 32.2. The number of amides is 3. The van der Waals surface area contributed by atoms with Crippen molar-refractivity contribution in [3.05, 3.63) is 58.5 Å². The van der Waals surface area contributed by atoms with Crippen molar-refractivity contribution in [1.29, 1.82) is 0 Å². The Bertz CT molecular complexity index is 985. The van der Waals surface area contributed by atoms with Gasteiger partial charge in [0.1, 0.15) is 6.54 Å². The Hall–Kier alpha value is -3.26. The number of nitrogens with zero attached hydrogens (tertiary/aromatic N) is 1. The van der Waals surface area contributed by atoms with Gasteiger partial charge in [-0.3, -0.25) is 19.3 Å². The Morgan fingerprint density at radius 1 is 1.07 bits per heavy atom. The first-order chi connectivity index (χ1) is 13.9. The fourth-order valence-electron chi connectivity index (χ4n) is 2.71. The van der Waals surface area contributed by atoms with E-state index < -0.39 is 17.1 Å². The number of carbonyl (C=O) groups excluding carboxylic acids is 3. The van der Waals surface area contributed by atoms with Crippen molar-refractivity contribution in [2.45, 2.75) is 6.92 Å². The third kappa shape index (κ3) is 4.78. The van der Waals surface area contributed by atoms with E-state index in [1.165, 1.54) is 14.2 Å². The summed E-state index contributed by atoms with van der Waals surface area (Å²) < 4.78 is 10.4. The van der Waals surface area contributed by atoms with Crippen LogP contribution in [0.25, 0.3) is 6.08 Å². The van der Waals surface area contributed by atoms with Crippen molar-refractivity contribution in [1.82, 2.24) is 4.90 Å². The number of anilines is 1. The second kappa shape index (κ2) is 8.83. The molecule has 0 spiro atoms. The van der Waals surface area contributed by atoms with E-state index in [0.29, 0.717) is 22.7 Å². The van der Waals surface area contributed by atoms with Crippen LogP contribution >= 0.6 is 11.8 Å². The van der Waals surface area contributed by atoms with Gasteiger partial charge in [-0.2, -0.15) is 0 Å². The molecule has 29 heavy (non-hydrogen) atoms. The van der Waals surface area contributed by atoms with Gasteiger partial charge in [-0.15, -0.1) is 0 Å². The molecule has 0 unspecified atom stereocenters. The monoisotopic (exact) mass is 412 g/mol. The lowest BCUT2D eigenvalue weighted by molar-refractivity contribution is -0.127. The van der Waals surface area contributed by atoms with Crippen molar-refractivity contribution in [3.8, 4) is 11.5 Å². The van der Waals surface area contributed by atoms with Crippen LogP contribution in [-0.4, -0.2) is 42.7 Å². The lowest BCUT2D eigenvalue weighted by Gasteiger charge is -2.12. The number of thioether (sulfide) groups is 1. The maximum atomic E-state index is 12.6. The first-order valence-corrected chi connectivity index (χ1v) is 9.57. The summed E-state index contributed by atoms with van der Waals surface area (Å²) in [5, 5.41) is 2.20. The summed E-state index contributed by atoms with van der Waals surface area (Å²) in [5.74, 6) is 0.126. The Kier molecular flexibility index (Phi) is 6.23. The van der Waals surface area contributed by atoms with Crippen LogP contribution in [0, 0.1) is 6.92 Å². The minimum Gasteiger partial charge on any atom is -0.493 e. The molecule has 1 saturated heterocycles. The molecule has 0 radical (unpaired) electrons. The number of hydrogen-bond donors (Lipinski definition) is 1. The number of nitrogens with one attached hydrogen (secondary N) is 1. The molecule has 0 saturated carbocycles. The molecule has 0 aromatic heterocycles. The van der Waals surface area contributed by atoms with Crippen molar-refractivity contribution in [2.24, 2.45) is 0 Å². The van der Waals surface area contributed by atoms with Gasteiger partial charge in [-0.25, -0.2) is 0 Å². The normalized spacial score (nSPS) is 15.0. The average Bonchev–Trinajstić information content (AvgIpc) is 2.97. The summed E-state index contributed by atoms with van der Waals surface area (Å²) in [6.45, 7) is 1.60. The number of benzene rings is 2. The van der Waals surface area contributed by atoms with Gasteiger partial charge in [0.2, 0.25) is 5.91 Å². The number of methoxy groups -OCH3 is 2. The van der Waals surface area contributed by atoms with Crippen molar-refractivity contribution >= 4 is 40.6 Å². The average molecular weight is 412 g/mol. The van der Waals surface area contributed by atoms with Crippen LogP contribution < -0.4 is 14.8 Å². The van der Waals surface area contributed by atoms with Gasteiger partial charge in [-0.1, -0.05) is 23.8 Å². The van der Waals surface area contributed by atoms with Gasteiger partial charge in [0.25, 0.3) is 11.1 Å². The highest BCUT2D eigenvalue weighted by Gasteiger charge is 2.36. The molecular weight excluding hydrogens is 392 g/mol. The topological polar surface area (TPSA) is 84.9 Å². The molecule has 0 aliphatic carbocycles. The van der Waals surface area contributed by atoms with Gasteiger partial charge < -0.3 is 14.8 Å². The van der Waals surface area contributed by atoms with Crippen molar-refractivity contribution in [3.63, 3.8) is 0 Å². The van der Waals surface area contributed by atoms with Crippen LogP contribution in [0.2, 0.25) is 0 Å².